The third kappa shape index (κ3) is 4.54. The van der Waals surface area contributed by atoms with Crippen LogP contribution in [0.5, 0.6) is 0 Å². The number of hydrogen-bond donors (Lipinski definition) is 1. The summed E-state index contributed by atoms with van der Waals surface area (Å²) in [5.41, 5.74) is 4.88. The van der Waals surface area contributed by atoms with Crippen LogP contribution in [-0.2, 0) is 6.42 Å². The fraction of sp³-hybridized carbons (Fsp3) is 0.550. The minimum atomic E-state index is 0.259. The third-order valence-corrected chi connectivity index (χ3v) is 4.01. The fourth-order valence-electron chi connectivity index (χ4n) is 2.99. The van der Waals surface area contributed by atoms with Crippen LogP contribution in [0.25, 0.3) is 10.9 Å². The molecule has 0 saturated carbocycles. The van der Waals surface area contributed by atoms with Gasteiger partial charge in [0.1, 0.15) is 0 Å². The van der Waals surface area contributed by atoms with Gasteiger partial charge in [-0.25, -0.2) is 0 Å². The first kappa shape index (κ1) is 18.6. The van der Waals surface area contributed by atoms with E-state index in [1.807, 2.05) is 13.8 Å². The highest BCUT2D eigenvalue weighted by Crippen LogP contribution is 2.29. The van der Waals surface area contributed by atoms with Gasteiger partial charge in [-0.3, -0.25) is 4.98 Å². The number of nitrogens with zero attached hydrogens (tertiary/aromatic N) is 1. The van der Waals surface area contributed by atoms with Gasteiger partial charge in [-0.15, -0.1) is 0 Å². The smallest absolute Gasteiger partial charge is 0.0708 e. The molecule has 0 amide bonds. The molecule has 0 saturated heterocycles. The number of benzene rings is 1. The van der Waals surface area contributed by atoms with Crippen LogP contribution >= 0.6 is 0 Å². The molecule has 2 aromatic rings. The van der Waals surface area contributed by atoms with Crippen molar-refractivity contribution in [2.24, 2.45) is 0 Å². The van der Waals surface area contributed by atoms with Crippen molar-refractivity contribution in [3.63, 3.8) is 0 Å². The van der Waals surface area contributed by atoms with Gasteiger partial charge in [-0.05, 0) is 61.4 Å². The first-order valence-corrected chi connectivity index (χ1v) is 8.70. The molecule has 1 aromatic carbocycles. The molecule has 1 aromatic heterocycles. The molecule has 0 aliphatic carbocycles. The monoisotopic (exact) mass is 301 g/mol. The number of rotatable bonds is 6. The number of fused-ring (bicyclic) bond motifs is 1. The summed E-state index contributed by atoms with van der Waals surface area (Å²) in [7, 11) is 0. The molecule has 2 heteroatoms. The first-order valence-electron chi connectivity index (χ1n) is 8.70. The zero-order valence-corrected chi connectivity index (χ0v) is 14.8. The molecule has 1 N–H and O–H groups in total. The van der Waals surface area contributed by atoms with Crippen LogP contribution in [0.4, 0.5) is 0 Å². The van der Waals surface area contributed by atoms with Crippen LogP contribution in [0, 0.1) is 6.92 Å². The Labute approximate surface area is 135 Å². The van der Waals surface area contributed by atoms with E-state index in [9.17, 15) is 5.11 Å². The molecule has 1 heterocycles. The topological polar surface area (TPSA) is 33.1 Å². The maximum Gasteiger partial charge on any atom is 0.0708 e. The second-order valence-corrected chi connectivity index (χ2v) is 5.55. The minimum absolute atomic E-state index is 0.259. The molecule has 0 bridgehead atoms. The lowest BCUT2D eigenvalue weighted by atomic mass is 9.90. The van der Waals surface area contributed by atoms with Gasteiger partial charge in [-0.1, -0.05) is 40.2 Å². The second-order valence-electron chi connectivity index (χ2n) is 5.55. The van der Waals surface area contributed by atoms with E-state index in [1.54, 1.807) is 0 Å². The molecule has 2 nitrogen and oxygen atoms in total. The van der Waals surface area contributed by atoms with E-state index in [0.717, 1.165) is 36.9 Å². The quantitative estimate of drug-likeness (QED) is 0.775. The first-order chi connectivity index (χ1) is 10.7. The summed E-state index contributed by atoms with van der Waals surface area (Å²) in [5, 5.41) is 10.5. The van der Waals surface area contributed by atoms with Crippen molar-refractivity contribution >= 4 is 10.9 Å². The molecule has 0 fully saturated rings. The fourth-order valence-corrected chi connectivity index (χ4v) is 2.99. The number of aromatic nitrogens is 1. The SMILES string of the molecule is CC.CCCC(CCO)c1ccc2nc(C)cc(CC)c2c1. The van der Waals surface area contributed by atoms with Gasteiger partial charge in [0, 0.05) is 17.7 Å². The number of aryl methyl sites for hydroxylation is 2. The maximum atomic E-state index is 9.26. The molecule has 0 aliphatic rings. The number of hydrogen-bond acceptors (Lipinski definition) is 2. The summed E-state index contributed by atoms with van der Waals surface area (Å²) in [6.07, 6.45) is 4.16. The normalized spacial score (nSPS) is 11.9. The summed E-state index contributed by atoms with van der Waals surface area (Å²) in [6, 6.07) is 8.80. The highest BCUT2D eigenvalue weighted by atomic mass is 16.3. The van der Waals surface area contributed by atoms with E-state index >= 15 is 0 Å². The molecule has 1 unspecified atom stereocenters. The van der Waals surface area contributed by atoms with Crippen LogP contribution < -0.4 is 0 Å². The zero-order chi connectivity index (χ0) is 16.5. The minimum Gasteiger partial charge on any atom is -0.396 e. The zero-order valence-electron chi connectivity index (χ0n) is 14.8. The largest absolute Gasteiger partial charge is 0.396 e. The predicted octanol–water partition coefficient (Wildman–Crippen LogP) is 5.40. The average molecular weight is 301 g/mol. The van der Waals surface area contributed by atoms with Gasteiger partial charge >= 0.3 is 0 Å². The van der Waals surface area contributed by atoms with E-state index in [4.69, 9.17) is 0 Å². The number of pyridine rings is 1. The molecule has 1 atom stereocenters. The Hall–Kier alpha value is -1.41. The maximum absolute atomic E-state index is 9.26. The summed E-state index contributed by atoms with van der Waals surface area (Å²) < 4.78 is 0. The van der Waals surface area contributed by atoms with Crippen molar-refractivity contribution in [3.8, 4) is 0 Å². The Bertz CT molecular complexity index is 571. The molecule has 2 rings (SSSR count). The van der Waals surface area contributed by atoms with E-state index in [0.29, 0.717) is 5.92 Å². The van der Waals surface area contributed by atoms with Gasteiger partial charge in [0.05, 0.1) is 5.52 Å². The van der Waals surface area contributed by atoms with Gasteiger partial charge in [-0.2, -0.15) is 0 Å². The van der Waals surface area contributed by atoms with Gasteiger partial charge in [0.25, 0.3) is 0 Å². The summed E-state index contributed by atoms with van der Waals surface area (Å²) >= 11 is 0. The van der Waals surface area contributed by atoms with E-state index in [-0.39, 0.29) is 6.61 Å². The van der Waals surface area contributed by atoms with Gasteiger partial charge in [0.2, 0.25) is 0 Å². The van der Waals surface area contributed by atoms with Crippen molar-refractivity contribution in [2.45, 2.75) is 66.2 Å². The Morgan fingerprint density at radius 1 is 1.09 bits per heavy atom. The van der Waals surface area contributed by atoms with Crippen LogP contribution in [0.15, 0.2) is 24.3 Å². The second kappa shape index (κ2) is 9.58. The average Bonchev–Trinajstić information content (AvgIpc) is 2.55. The van der Waals surface area contributed by atoms with Crippen molar-refractivity contribution in [1.29, 1.82) is 0 Å². The van der Waals surface area contributed by atoms with Crippen LogP contribution in [0.1, 0.15) is 69.7 Å². The Morgan fingerprint density at radius 3 is 2.41 bits per heavy atom. The summed E-state index contributed by atoms with van der Waals surface area (Å²) in [4.78, 5) is 4.63. The number of aliphatic hydroxyl groups excluding tert-OH is 1. The lowest BCUT2D eigenvalue weighted by Crippen LogP contribution is -2.02. The van der Waals surface area contributed by atoms with Crippen LogP contribution in [0.2, 0.25) is 0 Å². The van der Waals surface area contributed by atoms with E-state index in [2.05, 4.69) is 50.0 Å². The standard InChI is InChI=1S/C18H25NO.C2H6/c1-4-6-15(9-10-20)16-7-8-18-17(12-16)14(5-2)11-13(3)19-18;1-2/h7-8,11-12,15,20H,4-6,9-10H2,1-3H3;1-2H3. The van der Waals surface area contributed by atoms with Crippen molar-refractivity contribution in [3.05, 3.63) is 41.1 Å². The van der Waals surface area contributed by atoms with E-state index < -0.39 is 0 Å². The Balaban J connectivity index is 0.00000116. The third-order valence-electron chi connectivity index (χ3n) is 4.01. The summed E-state index contributed by atoms with van der Waals surface area (Å²) in [5.74, 6) is 0.459. The van der Waals surface area contributed by atoms with Crippen molar-refractivity contribution in [2.75, 3.05) is 6.61 Å². The highest BCUT2D eigenvalue weighted by molar-refractivity contribution is 5.83. The molecular weight excluding hydrogens is 270 g/mol. The predicted molar refractivity (Wildman–Crippen MR) is 96.6 cm³/mol. The Kier molecular flexibility index (Phi) is 8.11. The lowest BCUT2D eigenvalue weighted by Gasteiger charge is -2.17. The Morgan fingerprint density at radius 2 is 1.82 bits per heavy atom. The molecule has 122 valence electrons. The molecular formula is C20H31NO. The van der Waals surface area contributed by atoms with Crippen LogP contribution in [-0.4, -0.2) is 16.7 Å². The molecule has 0 spiro atoms. The number of aliphatic hydroxyl groups is 1. The summed E-state index contributed by atoms with van der Waals surface area (Å²) in [6.45, 7) is 10.7. The molecule has 0 radical (unpaired) electrons. The van der Waals surface area contributed by atoms with Crippen molar-refractivity contribution in [1.82, 2.24) is 4.98 Å². The molecule has 0 aliphatic heterocycles. The van der Waals surface area contributed by atoms with Gasteiger partial charge in [0.15, 0.2) is 0 Å². The molecule has 22 heavy (non-hydrogen) atoms. The highest BCUT2D eigenvalue weighted by Gasteiger charge is 2.12. The van der Waals surface area contributed by atoms with Crippen LogP contribution in [0.3, 0.4) is 0 Å². The van der Waals surface area contributed by atoms with Gasteiger partial charge < -0.3 is 5.11 Å². The van der Waals surface area contributed by atoms with Crippen molar-refractivity contribution < 1.29 is 5.11 Å². The lowest BCUT2D eigenvalue weighted by molar-refractivity contribution is 0.272. The van der Waals surface area contributed by atoms with E-state index in [1.165, 1.54) is 16.5 Å².